The highest BCUT2D eigenvalue weighted by atomic mass is 16.6. The average Bonchev–Trinajstić information content (AvgIpc) is 3.23. The first-order chi connectivity index (χ1) is 15.5. The zero-order valence-electron chi connectivity index (χ0n) is 19.2. The topological polar surface area (TPSA) is 75.2 Å². The summed E-state index contributed by atoms with van der Waals surface area (Å²) in [6, 6.07) is 4.46. The second kappa shape index (κ2) is 9.90. The molecule has 3 fully saturated rings. The van der Waals surface area contributed by atoms with E-state index in [1.54, 1.807) is 19.2 Å². The molecule has 4 rings (SSSR count). The first-order valence-electron chi connectivity index (χ1n) is 11.7. The van der Waals surface area contributed by atoms with Gasteiger partial charge in [0.1, 0.15) is 5.82 Å². The lowest BCUT2D eigenvalue weighted by molar-refractivity contribution is -0.137. The largest absolute Gasteiger partial charge is 0.463 e. The predicted octanol–water partition coefficient (Wildman–Crippen LogP) is 2.79. The number of nitrogens with zero attached hydrogens (tertiary/aromatic N) is 4. The zero-order valence-corrected chi connectivity index (χ0v) is 19.2. The SMILES string of the molecule is CCOC(=O)/C=C/c1cccnc1N1CCN([C@@H]2CCC3(C2)CN(C(=O)OCC)C3)CC1. The molecule has 1 saturated carbocycles. The Morgan fingerprint density at radius 2 is 1.91 bits per heavy atom. The van der Waals surface area contributed by atoms with Gasteiger partial charge < -0.3 is 19.3 Å². The quantitative estimate of drug-likeness (QED) is 0.495. The third-order valence-corrected chi connectivity index (χ3v) is 6.89. The lowest BCUT2D eigenvalue weighted by Crippen LogP contribution is -2.58. The van der Waals surface area contributed by atoms with Crippen molar-refractivity contribution in [3.05, 3.63) is 30.0 Å². The molecule has 2 saturated heterocycles. The van der Waals surface area contributed by atoms with Crippen LogP contribution in [0.15, 0.2) is 24.4 Å². The predicted molar refractivity (Wildman–Crippen MR) is 122 cm³/mol. The van der Waals surface area contributed by atoms with E-state index in [1.165, 1.54) is 25.3 Å². The molecule has 0 unspecified atom stereocenters. The summed E-state index contributed by atoms with van der Waals surface area (Å²) in [7, 11) is 0. The summed E-state index contributed by atoms with van der Waals surface area (Å²) in [5, 5.41) is 0. The van der Waals surface area contributed by atoms with Crippen molar-refractivity contribution < 1.29 is 19.1 Å². The Morgan fingerprint density at radius 3 is 2.62 bits per heavy atom. The minimum atomic E-state index is -0.334. The number of esters is 1. The number of carbonyl (C=O) groups is 2. The number of anilines is 1. The highest BCUT2D eigenvalue weighted by Crippen LogP contribution is 2.47. The van der Waals surface area contributed by atoms with Gasteiger partial charge in [0.15, 0.2) is 0 Å². The van der Waals surface area contributed by atoms with Crippen molar-refractivity contribution >= 4 is 24.0 Å². The first-order valence-corrected chi connectivity index (χ1v) is 11.7. The zero-order chi connectivity index (χ0) is 22.6. The Bertz CT molecular complexity index is 844. The van der Waals surface area contributed by atoms with Crippen LogP contribution in [0.2, 0.25) is 0 Å². The van der Waals surface area contributed by atoms with E-state index < -0.39 is 0 Å². The molecule has 2 aliphatic heterocycles. The maximum absolute atomic E-state index is 11.9. The van der Waals surface area contributed by atoms with Gasteiger partial charge in [0.25, 0.3) is 0 Å². The fraction of sp³-hybridized carbons (Fsp3) is 0.625. The number of rotatable bonds is 6. The highest BCUT2D eigenvalue weighted by molar-refractivity contribution is 5.88. The van der Waals surface area contributed by atoms with Gasteiger partial charge in [-0.25, -0.2) is 14.6 Å². The summed E-state index contributed by atoms with van der Waals surface area (Å²) >= 11 is 0. The van der Waals surface area contributed by atoms with Crippen LogP contribution in [0, 0.1) is 5.41 Å². The Morgan fingerprint density at radius 1 is 1.16 bits per heavy atom. The number of carbonyl (C=O) groups excluding carboxylic acids is 2. The van der Waals surface area contributed by atoms with Crippen molar-refractivity contribution in [2.24, 2.45) is 5.41 Å². The monoisotopic (exact) mass is 442 g/mol. The van der Waals surface area contributed by atoms with Crippen LogP contribution in [0.1, 0.15) is 38.7 Å². The second-order valence-corrected chi connectivity index (χ2v) is 8.98. The van der Waals surface area contributed by atoms with Crippen LogP contribution in [0.5, 0.6) is 0 Å². The Kier molecular flexibility index (Phi) is 6.98. The number of ether oxygens (including phenoxy) is 2. The van der Waals surface area contributed by atoms with Gasteiger partial charge in [0, 0.05) is 68.6 Å². The smallest absolute Gasteiger partial charge is 0.409 e. The number of hydrogen-bond acceptors (Lipinski definition) is 7. The number of likely N-dealkylation sites (tertiary alicyclic amines) is 1. The molecule has 1 aliphatic carbocycles. The molecule has 32 heavy (non-hydrogen) atoms. The second-order valence-electron chi connectivity index (χ2n) is 8.98. The van der Waals surface area contributed by atoms with E-state index in [2.05, 4.69) is 14.8 Å². The molecule has 174 valence electrons. The van der Waals surface area contributed by atoms with Crippen LogP contribution < -0.4 is 4.90 Å². The fourth-order valence-electron chi connectivity index (χ4n) is 5.33. The number of hydrogen-bond donors (Lipinski definition) is 0. The van der Waals surface area contributed by atoms with Crippen molar-refractivity contribution in [1.29, 1.82) is 0 Å². The third-order valence-electron chi connectivity index (χ3n) is 6.89. The third kappa shape index (κ3) is 4.90. The van der Waals surface area contributed by atoms with Gasteiger partial charge in [0.2, 0.25) is 0 Å². The molecular weight excluding hydrogens is 408 g/mol. The minimum absolute atomic E-state index is 0.168. The number of amides is 1. The average molecular weight is 443 g/mol. The lowest BCUT2D eigenvalue weighted by atomic mass is 9.78. The van der Waals surface area contributed by atoms with Gasteiger partial charge in [-0.2, -0.15) is 0 Å². The summed E-state index contributed by atoms with van der Waals surface area (Å²) in [5.41, 5.74) is 1.23. The van der Waals surface area contributed by atoms with Crippen LogP contribution in [0.4, 0.5) is 10.6 Å². The maximum atomic E-state index is 11.9. The molecule has 0 aromatic carbocycles. The van der Waals surface area contributed by atoms with E-state index in [1.807, 2.05) is 24.0 Å². The van der Waals surface area contributed by atoms with Crippen molar-refractivity contribution in [1.82, 2.24) is 14.8 Å². The van der Waals surface area contributed by atoms with Gasteiger partial charge in [-0.1, -0.05) is 0 Å². The summed E-state index contributed by atoms with van der Waals surface area (Å²) in [6.45, 7) is 9.96. The molecular formula is C24H34N4O4. The Balaban J connectivity index is 1.29. The molecule has 0 N–H and O–H groups in total. The van der Waals surface area contributed by atoms with E-state index in [4.69, 9.17) is 9.47 Å². The normalized spacial score (nSPS) is 22.9. The molecule has 1 spiro atoms. The number of aromatic nitrogens is 1. The van der Waals surface area contributed by atoms with Crippen molar-refractivity contribution in [3.63, 3.8) is 0 Å². The van der Waals surface area contributed by atoms with Gasteiger partial charge in [0.05, 0.1) is 13.2 Å². The van der Waals surface area contributed by atoms with Crippen molar-refractivity contribution in [2.75, 3.05) is 57.4 Å². The van der Waals surface area contributed by atoms with Gasteiger partial charge >= 0.3 is 12.1 Å². The first kappa shape index (κ1) is 22.6. The molecule has 8 nitrogen and oxygen atoms in total. The van der Waals surface area contributed by atoms with Gasteiger partial charge in [-0.15, -0.1) is 0 Å². The summed E-state index contributed by atoms with van der Waals surface area (Å²) in [5.74, 6) is 0.583. The number of piperazine rings is 1. The van der Waals surface area contributed by atoms with Crippen molar-refractivity contribution in [2.45, 2.75) is 39.2 Å². The summed E-state index contributed by atoms with van der Waals surface area (Å²) in [6.07, 6.45) is 8.45. The lowest BCUT2D eigenvalue weighted by Gasteiger charge is -2.48. The van der Waals surface area contributed by atoms with E-state index in [9.17, 15) is 9.59 Å². The molecule has 1 aromatic heterocycles. The maximum Gasteiger partial charge on any atom is 0.409 e. The van der Waals surface area contributed by atoms with Crippen molar-refractivity contribution in [3.8, 4) is 0 Å². The van der Waals surface area contributed by atoms with Crippen LogP contribution in [0.25, 0.3) is 6.08 Å². The Hall–Kier alpha value is -2.61. The summed E-state index contributed by atoms with van der Waals surface area (Å²) in [4.78, 5) is 34.9. The molecule has 1 amide bonds. The number of pyridine rings is 1. The Labute approximate surface area is 190 Å². The molecule has 3 aliphatic rings. The van der Waals surface area contributed by atoms with Crippen LogP contribution in [-0.2, 0) is 14.3 Å². The molecule has 0 radical (unpaired) electrons. The fourth-order valence-corrected chi connectivity index (χ4v) is 5.33. The van der Waals surface area contributed by atoms with Gasteiger partial charge in [-0.05, 0) is 51.3 Å². The van der Waals surface area contributed by atoms with E-state index in [0.29, 0.717) is 24.7 Å². The minimum Gasteiger partial charge on any atom is -0.463 e. The van der Waals surface area contributed by atoms with Crippen LogP contribution in [-0.4, -0.2) is 85.4 Å². The molecule has 0 bridgehead atoms. The standard InChI is InChI=1S/C24H34N4O4/c1-3-31-21(29)8-7-19-6-5-11-25-22(19)27-14-12-26(13-15-27)20-9-10-24(16-20)17-28(18-24)23(30)32-4-2/h5-8,11,20H,3-4,9-10,12-18H2,1-2H3/b8-7+/t20-/m1/s1. The van der Waals surface area contributed by atoms with Gasteiger partial charge in [-0.3, -0.25) is 4.90 Å². The highest BCUT2D eigenvalue weighted by Gasteiger charge is 2.51. The molecule has 1 aromatic rings. The van der Waals surface area contributed by atoms with E-state index >= 15 is 0 Å². The molecule has 8 heteroatoms. The van der Waals surface area contributed by atoms with E-state index in [-0.39, 0.29) is 12.1 Å². The summed E-state index contributed by atoms with van der Waals surface area (Å²) < 4.78 is 10.1. The molecule has 1 atom stereocenters. The van der Waals surface area contributed by atoms with E-state index in [0.717, 1.165) is 50.6 Å². The molecule has 3 heterocycles. The van der Waals surface area contributed by atoms with Crippen LogP contribution in [0.3, 0.4) is 0 Å². The van der Waals surface area contributed by atoms with Crippen LogP contribution >= 0.6 is 0 Å².